The summed E-state index contributed by atoms with van der Waals surface area (Å²) >= 11 is 5.84. The number of nitrogens with zero attached hydrogens (tertiary/aromatic N) is 2. The molecular formula is C24H34ClN3O2. The summed E-state index contributed by atoms with van der Waals surface area (Å²) in [5.41, 5.74) is 4.80. The van der Waals surface area contributed by atoms with Crippen LogP contribution in [0.4, 0.5) is 0 Å². The monoisotopic (exact) mass is 431 g/mol. The first-order valence-corrected chi connectivity index (χ1v) is 11.0. The van der Waals surface area contributed by atoms with E-state index in [1.165, 1.54) is 16.8 Å². The number of rotatable bonds is 5. The van der Waals surface area contributed by atoms with E-state index in [9.17, 15) is 9.59 Å². The Labute approximate surface area is 185 Å². The number of hydrogen-bond acceptors (Lipinski definition) is 3. The standard InChI is InChI=1S/C24H34ClN3O2/c1-8-9-20(24(5,6)7)28(27-22(29)18-10-11-21(25)26-14-18)23(30)19-12-15(2)17(4)16(3)13-19/h10-15,17,20H,8-9H2,1-7H3,(H,27,29)/t15?,17?,20-/m1/s1. The summed E-state index contributed by atoms with van der Waals surface area (Å²) in [4.78, 5) is 30.6. The van der Waals surface area contributed by atoms with E-state index in [-0.39, 0.29) is 29.2 Å². The number of amides is 2. The van der Waals surface area contributed by atoms with Gasteiger partial charge in [0.15, 0.2) is 0 Å². The molecule has 0 bridgehead atoms. The average Bonchev–Trinajstić information content (AvgIpc) is 2.67. The Kier molecular flexibility index (Phi) is 7.87. The molecule has 1 aromatic heterocycles. The molecule has 2 unspecified atom stereocenters. The van der Waals surface area contributed by atoms with E-state index in [0.717, 1.165) is 12.8 Å². The third-order valence-electron chi connectivity index (χ3n) is 5.88. The first-order valence-electron chi connectivity index (χ1n) is 10.6. The van der Waals surface area contributed by atoms with E-state index in [1.54, 1.807) is 12.1 Å². The molecule has 30 heavy (non-hydrogen) atoms. The number of aromatic nitrogens is 1. The lowest BCUT2D eigenvalue weighted by atomic mass is 9.81. The minimum absolute atomic E-state index is 0.163. The van der Waals surface area contributed by atoms with Crippen LogP contribution in [0.25, 0.3) is 0 Å². The minimum Gasteiger partial charge on any atom is -0.267 e. The van der Waals surface area contributed by atoms with E-state index in [1.807, 2.05) is 12.2 Å². The SMILES string of the molecule is CCC[C@@H](N(NC(=O)c1ccc(Cl)nc1)C(=O)C1=CC(C)C(C)C(C)=C1)C(C)(C)C. The number of nitrogens with one attached hydrogen (secondary N) is 1. The molecule has 6 heteroatoms. The maximum Gasteiger partial charge on any atom is 0.272 e. The molecule has 1 aliphatic rings. The normalized spacial score (nSPS) is 20.1. The van der Waals surface area contributed by atoms with Crippen LogP contribution in [0.15, 0.2) is 41.6 Å². The van der Waals surface area contributed by atoms with Crippen LogP contribution >= 0.6 is 11.6 Å². The smallest absolute Gasteiger partial charge is 0.267 e. The third kappa shape index (κ3) is 5.72. The number of hydrogen-bond donors (Lipinski definition) is 1. The van der Waals surface area contributed by atoms with Crippen molar-refractivity contribution in [2.24, 2.45) is 17.3 Å². The molecule has 5 nitrogen and oxygen atoms in total. The van der Waals surface area contributed by atoms with E-state index in [2.05, 4.69) is 58.9 Å². The van der Waals surface area contributed by atoms with Crippen LogP contribution < -0.4 is 5.43 Å². The van der Waals surface area contributed by atoms with Crippen LogP contribution in [0.2, 0.25) is 5.15 Å². The van der Waals surface area contributed by atoms with Gasteiger partial charge in [-0.05, 0) is 42.7 Å². The van der Waals surface area contributed by atoms with E-state index in [4.69, 9.17) is 11.6 Å². The number of pyridine rings is 1. The van der Waals surface area contributed by atoms with Gasteiger partial charge in [0.25, 0.3) is 11.8 Å². The highest BCUT2D eigenvalue weighted by molar-refractivity contribution is 6.29. The molecule has 0 aromatic carbocycles. The van der Waals surface area contributed by atoms with Crippen molar-refractivity contribution in [1.29, 1.82) is 0 Å². The molecule has 0 saturated heterocycles. The quantitative estimate of drug-likeness (QED) is 0.488. The van der Waals surface area contributed by atoms with Crippen LogP contribution in [-0.2, 0) is 4.79 Å². The summed E-state index contributed by atoms with van der Waals surface area (Å²) in [6, 6.07) is 3.00. The Morgan fingerprint density at radius 3 is 2.43 bits per heavy atom. The lowest BCUT2D eigenvalue weighted by Crippen LogP contribution is -2.56. The fourth-order valence-electron chi connectivity index (χ4n) is 3.72. The zero-order chi connectivity index (χ0) is 22.6. The maximum atomic E-state index is 13.6. The molecule has 0 spiro atoms. The van der Waals surface area contributed by atoms with Crippen molar-refractivity contribution in [3.05, 3.63) is 52.3 Å². The minimum atomic E-state index is -0.378. The first-order chi connectivity index (χ1) is 14.0. The second kappa shape index (κ2) is 9.78. The van der Waals surface area contributed by atoms with E-state index in [0.29, 0.717) is 22.2 Å². The van der Waals surface area contributed by atoms with Gasteiger partial charge >= 0.3 is 0 Å². The van der Waals surface area contributed by atoms with Crippen molar-refractivity contribution >= 4 is 23.4 Å². The van der Waals surface area contributed by atoms with Gasteiger partial charge < -0.3 is 0 Å². The van der Waals surface area contributed by atoms with E-state index < -0.39 is 0 Å². The molecule has 0 saturated carbocycles. The highest BCUT2D eigenvalue weighted by atomic mass is 35.5. The molecule has 1 heterocycles. The fraction of sp³-hybridized carbons (Fsp3) is 0.542. The summed E-state index contributed by atoms with van der Waals surface area (Å²) in [5.74, 6) is 0.0816. The lowest BCUT2D eigenvalue weighted by Gasteiger charge is -2.40. The van der Waals surface area contributed by atoms with Gasteiger partial charge in [-0.25, -0.2) is 9.99 Å². The Hall–Kier alpha value is -2.14. The van der Waals surface area contributed by atoms with Crippen LogP contribution in [0.3, 0.4) is 0 Å². The third-order valence-corrected chi connectivity index (χ3v) is 6.11. The van der Waals surface area contributed by atoms with Crippen LogP contribution in [-0.4, -0.2) is 27.8 Å². The highest BCUT2D eigenvalue weighted by Gasteiger charge is 2.36. The van der Waals surface area contributed by atoms with Crippen molar-refractivity contribution in [3.8, 4) is 0 Å². The number of allylic oxidation sites excluding steroid dienone is 2. The molecule has 164 valence electrons. The highest BCUT2D eigenvalue weighted by Crippen LogP contribution is 2.32. The Balaban J connectivity index is 2.42. The van der Waals surface area contributed by atoms with Crippen molar-refractivity contribution in [1.82, 2.24) is 15.4 Å². The molecule has 1 N–H and O–H groups in total. The summed E-state index contributed by atoms with van der Waals surface area (Å²) in [6.45, 7) is 14.7. The van der Waals surface area contributed by atoms with Crippen LogP contribution in [0.1, 0.15) is 71.7 Å². The van der Waals surface area contributed by atoms with Crippen molar-refractivity contribution < 1.29 is 9.59 Å². The molecule has 0 fully saturated rings. The van der Waals surface area contributed by atoms with Gasteiger partial charge in [-0.3, -0.25) is 15.0 Å². The Bertz CT molecular complexity index is 837. The molecule has 3 atom stereocenters. The van der Waals surface area contributed by atoms with Crippen molar-refractivity contribution in [2.75, 3.05) is 0 Å². The second-order valence-corrected chi connectivity index (χ2v) is 9.70. The Morgan fingerprint density at radius 1 is 1.27 bits per heavy atom. The summed E-state index contributed by atoms with van der Waals surface area (Å²) in [7, 11) is 0. The van der Waals surface area contributed by atoms with Gasteiger partial charge in [-0.15, -0.1) is 0 Å². The van der Waals surface area contributed by atoms with Gasteiger partial charge in [-0.2, -0.15) is 0 Å². The number of carbonyl (C=O) groups is 2. The molecular weight excluding hydrogens is 398 g/mol. The topological polar surface area (TPSA) is 62.3 Å². The summed E-state index contributed by atoms with van der Waals surface area (Å²) < 4.78 is 0. The zero-order valence-electron chi connectivity index (χ0n) is 19.1. The summed E-state index contributed by atoms with van der Waals surface area (Å²) in [6.07, 6.45) is 7.04. The molecule has 1 aromatic rings. The average molecular weight is 432 g/mol. The van der Waals surface area contributed by atoms with Crippen LogP contribution in [0.5, 0.6) is 0 Å². The Morgan fingerprint density at radius 2 is 1.93 bits per heavy atom. The molecule has 2 amide bonds. The van der Waals surface area contributed by atoms with Crippen molar-refractivity contribution in [3.63, 3.8) is 0 Å². The summed E-state index contributed by atoms with van der Waals surface area (Å²) in [5, 5.41) is 1.84. The van der Waals surface area contributed by atoms with Gasteiger partial charge in [0.1, 0.15) is 5.15 Å². The number of halogens is 1. The first kappa shape index (κ1) is 24.1. The predicted octanol–water partition coefficient (Wildman–Crippen LogP) is 5.58. The van der Waals surface area contributed by atoms with Gasteiger partial charge in [0.2, 0.25) is 0 Å². The predicted molar refractivity (Wildman–Crippen MR) is 122 cm³/mol. The number of carbonyl (C=O) groups excluding carboxylic acids is 2. The van der Waals surface area contributed by atoms with E-state index >= 15 is 0 Å². The molecule has 0 aliphatic heterocycles. The molecule has 2 rings (SSSR count). The maximum absolute atomic E-state index is 13.6. The van der Waals surface area contributed by atoms with Gasteiger partial charge in [-0.1, -0.05) is 77.3 Å². The van der Waals surface area contributed by atoms with Crippen LogP contribution in [0, 0.1) is 17.3 Å². The molecule has 1 aliphatic carbocycles. The zero-order valence-corrected chi connectivity index (χ0v) is 19.9. The van der Waals surface area contributed by atoms with Crippen molar-refractivity contribution in [2.45, 2.75) is 67.3 Å². The largest absolute Gasteiger partial charge is 0.272 e. The van der Waals surface area contributed by atoms with Gasteiger partial charge in [0.05, 0.1) is 11.6 Å². The number of hydrazine groups is 1. The lowest BCUT2D eigenvalue weighted by molar-refractivity contribution is -0.135. The molecule has 0 radical (unpaired) electrons. The fourth-order valence-corrected chi connectivity index (χ4v) is 3.83. The second-order valence-electron chi connectivity index (χ2n) is 9.31. The van der Waals surface area contributed by atoms with Gasteiger partial charge in [0, 0.05) is 11.8 Å².